The summed E-state index contributed by atoms with van der Waals surface area (Å²) >= 11 is 0. The molecule has 1 unspecified atom stereocenters. The van der Waals surface area contributed by atoms with Crippen molar-refractivity contribution in [3.8, 4) is 0 Å². The number of aromatic nitrogens is 1. The molecule has 1 N–H and O–H groups in total. The third-order valence-electron chi connectivity index (χ3n) is 3.19. The third kappa shape index (κ3) is 1.74. The average Bonchev–Trinajstić information content (AvgIpc) is 2.65. The zero-order valence-corrected chi connectivity index (χ0v) is 10.2. The zero-order chi connectivity index (χ0) is 11.7. The summed E-state index contributed by atoms with van der Waals surface area (Å²) in [6.07, 6.45) is 0. The molecule has 0 aliphatic heterocycles. The Kier molecular flexibility index (Phi) is 3.01. The third-order valence-corrected chi connectivity index (χ3v) is 3.19. The molecule has 0 aliphatic carbocycles. The van der Waals surface area contributed by atoms with Gasteiger partial charge in [-0.1, -0.05) is 19.1 Å². The van der Waals surface area contributed by atoms with Gasteiger partial charge in [0.2, 0.25) is 0 Å². The molecule has 0 radical (unpaired) electrons. The van der Waals surface area contributed by atoms with E-state index in [9.17, 15) is 5.11 Å². The van der Waals surface area contributed by atoms with Crippen LogP contribution in [0.15, 0.2) is 24.3 Å². The van der Waals surface area contributed by atoms with Crippen LogP contribution in [-0.2, 0) is 6.54 Å². The van der Waals surface area contributed by atoms with Crippen molar-refractivity contribution in [3.05, 3.63) is 35.5 Å². The van der Waals surface area contributed by atoms with Crippen molar-refractivity contribution in [2.45, 2.75) is 33.2 Å². The van der Waals surface area contributed by atoms with Crippen LogP contribution >= 0.6 is 0 Å². The topological polar surface area (TPSA) is 25.2 Å². The molecule has 1 aromatic carbocycles. The van der Waals surface area contributed by atoms with Gasteiger partial charge >= 0.3 is 0 Å². The zero-order valence-electron chi connectivity index (χ0n) is 10.2. The lowest BCUT2D eigenvalue weighted by atomic mass is 10.1. The van der Waals surface area contributed by atoms with E-state index >= 15 is 0 Å². The highest BCUT2D eigenvalue weighted by Crippen LogP contribution is 2.26. The van der Waals surface area contributed by atoms with Crippen molar-refractivity contribution in [1.29, 1.82) is 0 Å². The van der Waals surface area contributed by atoms with Gasteiger partial charge in [0.05, 0.1) is 6.61 Å². The van der Waals surface area contributed by atoms with Gasteiger partial charge in [-0.25, -0.2) is 0 Å². The number of hydrogen-bond donors (Lipinski definition) is 1. The number of rotatable bonds is 3. The number of aliphatic hydroxyl groups excluding tert-OH is 1. The number of nitrogens with zero attached hydrogens (tertiary/aromatic N) is 1. The lowest BCUT2D eigenvalue weighted by molar-refractivity contribution is 0.269. The van der Waals surface area contributed by atoms with Crippen LogP contribution in [0.5, 0.6) is 0 Å². The molecule has 1 aromatic heterocycles. The lowest BCUT2D eigenvalue weighted by Gasteiger charge is -2.12. The fourth-order valence-electron chi connectivity index (χ4n) is 2.24. The second-order valence-corrected chi connectivity index (χ2v) is 4.46. The molecule has 0 spiro atoms. The smallest absolute Gasteiger partial charge is 0.0511 e. The molecule has 0 fully saturated rings. The normalized spacial score (nSPS) is 13.2. The van der Waals surface area contributed by atoms with Crippen molar-refractivity contribution in [3.63, 3.8) is 0 Å². The molecule has 1 heterocycles. The van der Waals surface area contributed by atoms with Crippen molar-refractivity contribution in [1.82, 2.24) is 4.57 Å². The van der Waals surface area contributed by atoms with Crippen molar-refractivity contribution < 1.29 is 5.11 Å². The number of aliphatic hydroxyl groups is 1. The van der Waals surface area contributed by atoms with E-state index in [-0.39, 0.29) is 12.5 Å². The highest BCUT2D eigenvalue weighted by atomic mass is 16.3. The summed E-state index contributed by atoms with van der Waals surface area (Å²) in [6.45, 7) is 7.48. The summed E-state index contributed by atoms with van der Waals surface area (Å²) in [5.74, 6) is 0.202. The molecular formula is C14H19NO. The van der Waals surface area contributed by atoms with Crippen molar-refractivity contribution in [2.24, 2.45) is 0 Å². The quantitative estimate of drug-likeness (QED) is 0.839. The van der Waals surface area contributed by atoms with Gasteiger partial charge in [0, 0.05) is 23.7 Å². The van der Waals surface area contributed by atoms with Crippen LogP contribution in [0.3, 0.4) is 0 Å². The summed E-state index contributed by atoms with van der Waals surface area (Å²) in [6, 6.07) is 8.70. The van der Waals surface area contributed by atoms with Gasteiger partial charge in [-0.3, -0.25) is 0 Å². The van der Waals surface area contributed by atoms with E-state index in [0.29, 0.717) is 0 Å². The Morgan fingerprint density at radius 2 is 2.06 bits per heavy atom. The Hall–Kier alpha value is -1.28. The molecule has 2 heteroatoms. The lowest BCUT2D eigenvalue weighted by Crippen LogP contribution is -2.07. The molecule has 0 saturated carbocycles. The molecule has 1 atom stereocenters. The summed E-state index contributed by atoms with van der Waals surface area (Å²) < 4.78 is 2.29. The molecule has 0 saturated heterocycles. The van der Waals surface area contributed by atoms with Gasteiger partial charge in [-0.05, 0) is 36.9 Å². The Morgan fingerprint density at radius 3 is 2.69 bits per heavy atom. The highest BCUT2D eigenvalue weighted by Gasteiger charge is 2.12. The Morgan fingerprint density at radius 1 is 1.31 bits per heavy atom. The summed E-state index contributed by atoms with van der Waals surface area (Å²) in [5, 5.41) is 10.5. The largest absolute Gasteiger partial charge is 0.396 e. The van der Waals surface area contributed by atoms with Gasteiger partial charge in [0.25, 0.3) is 0 Å². The predicted molar refractivity (Wildman–Crippen MR) is 67.8 cm³/mol. The maximum atomic E-state index is 9.27. The van der Waals surface area contributed by atoms with E-state index in [2.05, 4.69) is 49.6 Å². The maximum Gasteiger partial charge on any atom is 0.0511 e. The first-order chi connectivity index (χ1) is 7.67. The minimum Gasteiger partial charge on any atom is -0.396 e. The second kappa shape index (κ2) is 4.30. The summed E-state index contributed by atoms with van der Waals surface area (Å²) in [4.78, 5) is 0. The number of fused-ring (bicyclic) bond motifs is 1. The molecule has 16 heavy (non-hydrogen) atoms. The second-order valence-electron chi connectivity index (χ2n) is 4.46. The van der Waals surface area contributed by atoms with E-state index in [1.165, 1.54) is 22.2 Å². The van der Waals surface area contributed by atoms with Gasteiger partial charge < -0.3 is 9.67 Å². The van der Waals surface area contributed by atoms with Crippen LogP contribution in [0.2, 0.25) is 0 Å². The van der Waals surface area contributed by atoms with Gasteiger partial charge in [0.1, 0.15) is 0 Å². The molecule has 0 bridgehead atoms. The predicted octanol–water partition coefficient (Wildman–Crippen LogP) is 3.07. The van der Waals surface area contributed by atoms with Crippen LogP contribution in [0.25, 0.3) is 10.9 Å². The van der Waals surface area contributed by atoms with Crippen molar-refractivity contribution >= 4 is 10.9 Å². The van der Waals surface area contributed by atoms with Gasteiger partial charge in [-0.15, -0.1) is 0 Å². The monoisotopic (exact) mass is 217 g/mol. The minimum absolute atomic E-state index is 0.202. The van der Waals surface area contributed by atoms with E-state index in [4.69, 9.17) is 0 Å². The van der Waals surface area contributed by atoms with Crippen LogP contribution in [0.1, 0.15) is 31.0 Å². The minimum atomic E-state index is 0.202. The van der Waals surface area contributed by atoms with Crippen LogP contribution in [0.4, 0.5) is 0 Å². The van der Waals surface area contributed by atoms with Crippen LogP contribution < -0.4 is 0 Å². The van der Waals surface area contributed by atoms with Crippen LogP contribution in [-0.4, -0.2) is 16.3 Å². The van der Waals surface area contributed by atoms with E-state index in [1.807, 2.05) is 0 Å². The average molecular weight is 217 g/mol. The van der Waals surface area contributed by atoms with Crippen LogP contribution in [0, 0.1) is 6.92 Å². The molecule has 0 amide bonds. The molecule has 86 valence electrons. The van der Waals surface area contributed by atoms with Crippen molar-refractivity contribution in [2.75, 3.05) is 6.61 Å². The maximum absolute atomic E-state index is 9.27. The summed E-state index contributed by atoms with van der Waals surface area (Å²) in [5.41, 5.74) is 3.78. The van der Waals surface area contributed by atoms with E-state index in [0.717, 1.165) is 6.54 Å². The standard InChI is InChI=1S/C14H19NO/c1-4-15-13(11(3)9-16)8-12-6-5-10(2)7-14(12)15/h5-8,11,16H,4,9H2,1-3H3. The number of aryl methyl sites for hydroxylation is 2. The Bertz CT molecular complexity index is 499. The fraction of sp³-hybridized carbons (Fsp3) is 0.429. The molecular weight excluding hydrogens is 198 g/mol. The fourth-order valence-corrected chi connectivity index (χ4v) is 2.24. The SMILES string of the molecule is CCn1c(C(C)CO)cc2ccc(C)cc21. The first kappa shape index (κ1) is 11.2. The molecule has 2 aromatic rings. The Labute approximate surface area is 96.5 Å². The first-order valence-corrected chi connectivity index (χ1v) is 5.88. The number of hydrogen-bond acceptors (Lipinski definition) is 1. The Balaban J connectivity index is 2.66. The number of benzene rings is 1. The highest BCUT2D eigenvalue weighted by molar-refractivity contribution is 5.82. The van der Waals surface area contributed by atoms with Gasteiger partial charge in [0.15, 0.2) is 0 Å². The van der Waals surface area contributed by atoms with E-state index in [1.54, 1.807) is 0 Å². The molecule has 2 nitrogen and oxygen atoms in total. The van der Waals surface area contributed by atoms with Gasteiger partial charge in [-0.2, -0.15) is 0 Å². The summed E-state index contributed by atoms with van der Waals surface area (Å²) in [7, 11) is 0. The first-order valence-electron chi connectivity index (χ1n) is 5.88. The van der Waals surface area contributed by atoms with E-state index < -0.39 is 0 Å². The molecule has 2 rings (SSSR count). The molecule has 0 aliphatic rings.